The number of rotatable bonds is 14. The molecular formula is C38H38Cl2N2O8. The highest BCUT2D eigenvalue weighted by atomic mass is 35.5. The molecule has 0 heterocycles. The second-order valence-electron chi connectivity index (χ2n) is 12.3. The Morgan fingerprint density at radius 3 is 2.08 bits per heavy atom. The van der Waals surface area contributed by atoms with Gasteiger partial charge in [-0.25, -0.2) is 9.59 Å². The first-order valence-corrected chi connectivity index (χ1v) is 16.6. The molecule has 0 saturated carbocycles. The Kier molecular flexibility index (Phi) is 13.4. The largest absolute Gasteiger partial charge is 0.505 e. The lowest BCUT2D eigenvalue weighted by Gasteiger charge is -2.19. The number of phenols is 1. The monoisotopic (exact) mass is 720 g/mol. The molecule has 0 aliphatic rings. The summed E-state index contributed by atoms with van der Waals surface area (Å²) in [4.78, 5) is 51.3. The molecule has 0 fully saturated rings. The van der Waals surface area contributed by atoms with Crippen LogP contribution >= 0.6 is 23.2 Å². The third-order valence-electron chi connectivity index (χ3n) is 7.16. The average Bonchev–Trinajstić information content (AvgIpc) is 3.09. The molecule has 0 aliphatic carbocycles. The number of benzene rings is 4. The molecule has 10 nitrogen and oxygen atoms in total. The van der Waals surface area contributed by atoms with E-state index in [2.05, 4.69) is 10.6 Å². The first-order valence-electron chi connectivity index (χ1n) is 15.8. The predicted molar refractivity (Wildman–Crippen MR) is 190 cm³/mol. The van der Waals surface area contributed by atoms with Crippen molar-refractivity contribution in [2.24, 2.45) is 0 Å². The minimum atomic E-state index is -1.12. The van der Waals surface area contributed by atoms with Crippen LogP contribution in [-0.2, 0) is 38.5 Å². The number of esters is 3. The van der Waals surface area contributed by atoms with Crippen molar-refractivity contribution in [3.8, 4) is 11.5 Å². The normalized spacial score (nSPS) is 11.7. The number of carbonyl (C=O) groups is 4. The zero-order valence-corrected chi connectivity index (χ0v) is 29.3. The Morgan fingerprint density at radius 1 is 0.840 bits per heavy atom. The Hall–Kier alpha value is -4.90. The lowest BCUT2D eigenvalue weighted by molar-refractivity contribution is -0.153. The zero-order valence-electron chi connectivity index (χ0n) is 27.8. The van der Waals surface area contributed by atoms with Gasteiger partial charge >= 0.3 is 17.9 Å². The molecule has 1 atom stereocenters. The number of halogens is 2. The molecule has 1 amide bonds. The van der Waals surface area contributed by atoms with E-state index in [1.54, 1.807) is 81.4 Å². The van der Waals surface area contributed by atoms with E-state index in [1.807, 2.05) is 24.3 Å². The zero-order chi connectivity index (χ0) is 36.3. The van der Waals surface area contributed by atoms with Crippen LogP contribution in [-0.4, -0.2) is 53.7 Å². The predicted octanol–water partition coefficient (Wildman–Crippen LogP) is 6.48. The number of nitrogens with one attached hydrogen (secondary N) is 2. The van der Waals surface area contributed by atoms with Gasteiger partial charge < -0.3 is 30.0 Å². The van der Waals surface area contributed by atoms with Gasteiger partial charge in [-0.15, -0.1) is 0 Å². The minimum absolute atomic E-state index is 0.000407. The summed E-state index contributed by atoms with van der Waals surface area (Å²) in [5, 5.41) is 15.8. The van der Waals surface area contributed by atoms with Crippen LogP contribution in [0.2, 0.25) is 10.0 Å². The maximum Gasteiger partial charge on any atom is 0.343 e. The van der Waals surface area contributed by atoms with Crippen molar-refractivity contribution in [1.29, 1.82) is 0 Å². The van der Waals surface area contributed by atoms with Gasteiger partial charge in [0, 0.05) is 6.42 Å². The number of carbonyl (C=O) groups excluding carboxylic acids is 4. The number of aromatic hydroxyl groups is 1. The molecule has 3 N–H and O–H groups in total. The van der Waals surface area contributed by atoms with Crippen LogP contribution in [0.25, 0.3) is 0 Å². The number of phenolic OH excluding ortho intramolecular Hbond substituents is 1. The van der Waals surface area contributed by atoms with Gasteiger partial charge in [-0.1, -0.05) is 96.0 Å². The molecule has 262 valence electrons. The van der Waals surface area contributed by atoms with Crippen LogP contribution in [0.5, 0.6) is 11.5 Å². The van der Waals surface area contributed by atoms with E-state index in [0.29, 0.717) is 13.0 Å². The Morgan fingerprint density at radius 2 is 1.46 bits per heavy atom. The number of hydrogen-bond donors (Lipinski definition) is 3. The van der Waals surface area contributed by atoms with Gasteiger partial charge in [-0.3, -0.25) is 9.59 Å². The topological polar surface area (TPSA) is 140 Å². The van der Waals surface area contributed by atoms with Crippen molar-refractivity contribution < 1.29 is 38.5 Å². The molecule has 0 saturated heterocycles. The number of ether oxygens (including phenoxy) is 3. The van der Waals surface area contributed by atoms with Gasteiger partial charge in [0.25, 0.3) is 5.91 Å². The molecule has 12 heteroatoms. The SMILES string of the molecule is CC(C)(C)OC(=O)CNCCc1ccc(C(=O)Oc2c(Cl)cc(C(=O)N[C@@H](Cc3ccccc3)C(=O)OCc3ccccc3)c(O)c2Cl)cc1. The Bertz CT molecular complexity index is 1790. The molecule has 4 rings (SSSR count). The van der Waals surface area contributed by atoms with E-state index in [0.717, 1.165) is 22.8 Å². The van der Waals surface area contributed by atoms with Crippen LogP contribution in [0.3, 0.4) is 0 Å². The standard InChI is InChI=1S/C38H38Cl2N2O8/c1-38(2,3)50-31(43)22-41-19-18-24-14-16-27(17-15-24)36(46)49-34-29(39)21-28(33(44)32(34)40)35(45)42-30(20-25-10-6-4-7-11-25)37(47)48-23-26-12-8-5-9-13-26/h4-17,21,30,41,44H,18-20,22-23H2,1-3H3,(H,42,45)/t30-/m0/s1. The van der Waals surface area contributed by atoms with E-state index in [9.17, 15) is 24.3 Å². The second-order valence-corrected chi connectivity index (χ2v) is 13.1. The van der Waals surface area contributed by atoms with Crippen LogP contribution in [0.4, 0.5) is 0 Å². The third kappa shape index (κ3) is 11.3. The van der Waals surface area contributed by atoms with Gasteiger partial charge in [0.1, 0.15) is 23.3 Å². The molecule has 0 radical (unpaired) electrons. The van der Waals surface area contributed by atoms with Gasteiger partial charge in [-0.2, -0.15) is 0 Å². The van der Waals surface area contributed by atoms with Crippen molar-refractivity contribution in [3.05, 3.63) is 129 Å². The smallest absolute Gasteiger partial charge is 0.343 e. The minimum Gasteiger partial charge on any atom is -0.505 e. The van der Waals surface area contributed by atoms with Crippen molar-refractivity contribution in [2.45, 2.75) is 51.9 Å². The maximum atomic E-state index is 13.4. The highest BCUT2D eigenvalue weighted by Crippen LogP contribution is 2.42. The summed E-state index contributed by atoms with van der Waals surface area (Å²) in [7, 11) is 0. The fraction of sp³-hybridized carbons (Fsp3) is 0.263. The quantitative estimate of drug-likeness (QED) is 0.0759. The molecule has 4 aromatic carbocycles. The molecular weight excluding hydrogens is 683 g/mol. The molecule has 0 bridgehead atoms. The van der Waals surface area contributed by atoms with E-state index in [-0.39, 0.29) is 47.4 Å². The number of hydrogen-bond acceptors (Lipinski definition) is 9. The van der Waals surface area contributed by atoms with Crippen LogP contribution in [0.1, 0.15) is 58.2 Å². The highest BCUT2D eigenvalue weighted by Gasteiger charge is 2.28. The molecule has 0 aromatic heterocycles. The summed E-state index contributed by atoms with van der Waals surface area (Å²) in [6, 6.07) is 24.7. The van der Waals surface area contributed by atoms with Crippen LogP contribution in [0, 0.1) is 0 Å². The first-order chi connectivity index (χ1) is 23.8. The van der Waals surface area contributed by atoms with E-state index in [4.69, 9.17) is 37.4 Å². The molecule has 50 heavy (non-hydrogen) atoms. The summed E-state index contributed by atoms with van der Waals surface area (Å²) in [5.74, 6) is -3.72. The van der Waals surface area contributed by atoms with Crippen LogP contribution < -0.4 is 15.4 Å². The fourth-order valence-corrected chi connectivity index (χ4v) is 5.26. The molecule has 0 aliphatic heterocycles. The first kappa shape index (κ1) is 37.9. The summed E-state index contributed by atoms with van der Waals surface area (Å²) in [6.45, 7) is 5.99. The summed E-state index contributed by atoms with van der Waals surface area (Å²) < 4.78 is 16.2. The average molecular weight is 722 g/mol. The summed E-state index contributed by atoms with van der Waals surface area (Å²) >= 11 is 12.8. The third-order valence-corrected chi connectivity index (χ3v) is 7.79. The number of amides is 1. The Balaban J connectivity index is 1.40. The lowest BCUT2D eigenvalue weighted by Crippen LogP contribution is -2.43. The molecule has 0 spiro atoms. The van der Waals surface area contributed by atoms with Crippen molar-refractivity contribution >= 4 is 47.0 Å². The van der Waals surface area contributed by atoms with Gasteiger partial charge in [0.05, 0.1) is 22.7 Å². The fourth-order valence-electron chi connectivity index (χ4n) is 4.73. The van der Waals surface area contributed by atoms with E-state index in [1.165, 1.54) is 0 Å². The Labute approximate surface area is 300 Å². The maximum absolute atomic E-state index is 13.4. The van der Waals surface area contributed by atoms with E-state index >= 15 is 0 Å². The van der Waals surface area contributed by atoms with Crippen LogP contribution in [0.15, 0.2) is 91.0 Å². The lowest BCUT2D eigenvalue weighted by atomic mass is 10.0. The highest BCUT2D eigenvalue weighted by molar-refractivity contribution is 6.39. The summed E-state index contributed by atoms with van der Waals surface area (Å²) in [6.07, 6.45) is 0.698. The second kappa shape index (κ2) is 17.7. The van der Waals surface area contributed by atoms with Crippen molar-refractivity contribution in [2.75, 3.05) is 13.1 Å². The van der Waals surface area contributed by atoms with E-state index < -0.39 is 40.3 Å². The summed E-state index contributed by atoms with van der Waals surface area (Å²) in [5.41, 5.74) is 1.73. The van der Waals surface area contributed by atoms with Gasteiger partial charge in [-0.05, 0) is 68.6 Å². The molecule has 0 unspecified atom stereocenters. The van der Waals surface area contributed by atoms with Crippen molar-refractivity contribution in [3.63, 3.8) is 0 Å². The molecule has 4 aromatic rings. The van der Waals surface area contributed by atoms with Crippen molar-refractivity contribution in [1.82, 2.24) is 10.6 Å². The van der Waals surface area contributed by atoms with Gasteiger partial charge in [0.2, 0.25) is 0 Å². The van der Waals surface area contributed by atoms with Gasteiger partial charge in [0.15, 0.2) is 11.5 Å².